The number of nitrogens with zero attached hydrogens (tertiary/aromatic N) is 2. The van der Waals surface area contributed by atoms with Crippen LogP contribution in [0.25, 0.3) is 0 Å². The van der Waals surface area contributed by atoms with Gasteiger partial charge in [-0.2, -0.15) is 4.31 Å². The van der Waals surface area contributed by atoms with Gasteiger partial charge in [-0.15, -0.1) is 0 Å². The summed E-state index contributed by atoms with van der Waals surface area (Å²) < 4.78 is 27.1. The molecule has 1 aliphatic heterocycles. The van der Waals surface area contributed by atoms with Crippen LogP contribution < -0.4 is 10.9 Å². The summed E-state index contributed by atoms with van der Waals surface area (Å²) in [6.07, 6.45) is 4.15. The SMILES string of the molecule is Cc1ccc(S(=O)(=O)N2CCCCC2)cc1C(=O)NNC(=O)c1ccccn1. The zero-order valence-electron chi connectivity index (χ0n) is 15.5. The number of hydrazine groups is 1. The molecule has 0 saturated carbocycles. The number of nitrogens with one attached hydrogen (secondary N) is 2. The standard InChI is InChI=1S/C19H22N4O4S/c1-14-8-9-15(28(26,27)23-11-5-2-6-12-23)13-16(14)18(24)21-22-19(25)17-7-3-4-10-20-17/h3-4,7-10,13H,2,5-6,11-12H2,1H3,(H,21,24)(H,22,25). The molecule has 2 heterocycles. The number of sulfonamides is 1. The Hall–Kier alpha value is -2.78. The molecule has 148 valence electrons. The third-order valence-corrected chi connectivity index (χ3v) is 6.49. The van der Waals surface area contributed by atoms with Crippen LogP contribution in [0.2, 0.25) is 0 Å². The molecule has 1 fully saturated rings. The van der Waals surface area contributed by atoms with Crippen LogP contribution in [0.1, 0.15) is 45.7 Å². The van der Waals surface area contributed by atoms with Crippen LogP contribution in [0.15, 0.2) is 47.5 Å². The number of rotatable bonds is 4. The lowest BCUT2D eigenvalue weighted by Gasteiger charge is -2.26. The summed E-state index contributed by atoms with van der Waals surface area (Å²) in [5.74, 6) is -1.17. The maximum absolute atomic E-state index is 12.8. The van der Waals surface area contributed by atoms with Gasteiger partial charge in [0.05, 0.1) is 4.90 Å². The van der Waals surface area contributed by atoms with Gasteiger partial charge in [-0.25, -0.2) is 8.42 Å². The number of benzene rings is 1. The third kappa shape index (κ3) is 4.37. The minimum Gasteiger partial charge on any atom is -0.267 e. The highest BCUT2D eigenvalue weighted by Gasteiger charge is 2.27. The van der Waals surface area contributed by atoms with Crippen molar-refractivity contribution in [1.29, 1.82) is 0 Å². The second-order valence-corrected chi connectivity index (χ2v) is 8.50. The lowest BCUT2D eigenvalue weighted by Crippen LogP contribution is -2.42. The van der Waals surface area contributed by atoms with Crippen LogP contribution in [0.4, 0.5) is 0 Å². The predicted molar refractivity (Wildman–Crippen MR) is 103 cm³/mol. The first-order chi connectivity index (χ1) is 13.4. The number of amides is 2. The quantitative estimate of drug-likeness (QED) is 0.756. The third-order valence-electron chi connectivity index (χ3n) is 4.59. The zero-order chi connectivity index (χ0) is 20.1. The van der Waals surface area contributed by atoms with Crippen LogP contribution in [-0.2, 0) is 10.0 Å². The van der Waals surface area contributed by atoms with E-state index in [2.05, 4.69) is 15.8 Å². The first kappa shape index (κ1) is 20.0. The Kier molecular flexibility index (Phi) is 6.05. The smallest absolute Gasteiger partial charge is 0.267 e. The Morgan fingerprint density at radius 3 is 2.39 bits per heavy atom. The van der Waals surface area contributed by atoms with E-state index < -0.39 is 21.8 Å². The number of aromatic nitrogens is 1. The summed E-state index contributed by atoms with van der Waals surface area (Å²) in [4.78, 5) is 28.5. The van der Waals surface area contributed by atoms with E-state index in [1.54, 1.807) is 25.1 Å². The van der Waals surface area contributed by atoms with Gasteiger partial charge >= 0.3 is 0 Å². The first-order valence-electron chi connectivity index (χ1n) is 9.02. The Labute approximate surface area is 164 Å². The molecular formula is C19H22N4O4S. The summed E-state index contributed by atoms with van der Waals surface area (Å²) >= 11 is 0. The van der Waals surface area contributed by atoms with E-state index in [-0.39, 0.29) is 16.2 Å². The van der Waals surface area contributed by atoms with Crippen molar-refractivity contribution in [3.8, 4) is 0 Å². The maximum Gasteiger partial charge on any atom is 0.288 e. The number of carbonyl (C=O) groups excluding carboxylic acids is 2. The molecule has 3 rings (SSSR count). The van der Waals surface area contributed by atoms with Gasteiger partial charge in [0.25, 0.3) is 11.8 Å². The van der Waals surface area contributed by atoms with E-state index >= 15 is 0 Å². The molecule has 1 aromatic carbocycles. The highest BCUT2D eigenvalue weighted by molar-refractivity contribution is 7.89. The molecule has 0 aliphatic carbocycles. The highest BCUT2D eigenvalue weighted by atomic mass is 32.2. The number of carbonyl (C=O) groups is 2. The van der Waals surface area contributed by atoms with Crippen LogP contribution in [0.5, 0.6) is 0 Å². The fourth-order valence-electron chi connectivity index (χ4n) is 3.00. The monoisotopic (exact) mass is 402 g/mol. The average molecular weight is 402 g/mol. The van der Waals surface area contributed by atoms with Crippen molar-refractivity contribution < 1.29 is 18.0 Å². The topological polar surface area (TPSA) is 108 Å². The lowest BCUT2D eigenvalue weighted by atomic mass is 10.1. The fourth-order valence-corrected chi connectivity index (χ4v) is 4.55. The van der Waals surface area contributed by atoms with Crippen molar-refractivity contribution in [2.24, 2.45) is 0 Å². The van der Waals surface area contributed by atoms with Gasteiger partial charge < -0.3 is 0 Å². The summed E-state index contributed by atoms with van der Waals surface area (Å²) in [6, 6.07) is 9.28. The molecule has 8 nitrogen and oxygen atoms in total. The molecule has 2 aromatic rings. The average Bonchev–Trinajstić information content (AvgIpc) is 2.73. The molecule has 28 heavy (non-hydrogen) atoms. The highest BCUT2D eigenvalue weighted by Crippen LogP contribution is 2.22. The van der Waals surface area contributed by atoms with Gasteiger partial charge in [-0.3, -0.25) is 25.4 Å². The van der Waals surface area contributed by atoms with Crippen LogP contribution in [0, 0.1) is 6.92 Å². The van der Waals surface area contributed by atoms with Gasteiger partial charge in [0, 0.05) is 24.8 Å². The number of hydrogen-bond donors (Lipinski definition) is 2. The van der Waals surface area contributed by atoms with Crippen molar-refractivity contribution in [2.75, 3.05) is 13.1 Å². The largest absolute Gasteiger partial charge is 0.288 e. The number of piperidine rings is 1. The van der Waals surface area contributed by atoms with E-state index in [1.165, 1.54) is 28.7 Å². The first-order valence-corrected chi connectivity index (χ1v) is 10.5. The van der Waals surface area contributed by atoms with E-state index in [0.29, 0.717) is 18.7 Å². The van der Waals surface area contributed by atoms with Crippen molar-refractivity contribution in [3.05, 3.63) is 59.4 Å². The number of hydrogen-bond acceptors (Lipinski definition) is 5. The minimum absolute atomic E-state index is 0.0706. The maximum atomic E-state index is 12.8. The van der Waals surface area contributed by atoms with Crippen molar-refractivity contribution in [3.63, 3.8) is 0 Å². The lowest BCUT2D eigenvalue weighted by molar-refractivity contribution is 0.0843. The molecule has 1 saturated heterocycles. The van der Waals surface area contributed by atoms with E-state index in [9.17, 15) is 18.0 Å². The number of pyridine rings is 1. The molecule has 0 unspecified atom stereocenters. The van der Waals surface area contributed by atoms with Crippen molar-refractivity contribution in [2.45, 2.75) is 31.1 Å². The van der Waals surface area contributed by atoms with Gasteiger partial charge in [0.1, 0.15) is 5.69 Å². The summed E-state index contributed by atoms with van der Waals surface area (Å²) in [5.41, 5.74) is 5.53. The van der Waals surface area contributed by atoms with Crippen molar-refractivity contribution in [1.82, 2.24) is 20.1 Å². The molecule has 2 N–H and O–H groups in total. The molecule has 0 atom stereocenters. The molecule has 9 heteroatoms. The zero-order valence-corrected chi connectivity index (χ0v) is 16.3. The fraction of sp³-hybridized carbons (Fsp3) is 0.316. The Balaban J connectivity index is 1.75. The Morgan fingerprint density at radius 2 is 1.71 bits per heavy atom. The second-order valence-electron chi connectivity index (χ2n) is 6.56. The Bertz CT molecular complexity index is 971. The predicted octanol–water partition coefficient (Wildman–Crippen LogP) is 1.64. The minimum atomic E-state index is -3.65. The normalized spacial score (nSPS) is 15.0. The molecule has 0 radical (unpaired) electrons. The Morgan fingerprint density at radius 1 is 1.00 bits per heavy atom. The van der Waals surface area contributed by atoms with Crippen LogP contribution >= 0.6 is 0 Å². The summed E-state index contributed by atoms with van der Waals surface area (Å²) in [7, 11) is -3.65. The summed E-state index contributed by atoms with van der Waals surface area (Å²) in [5, 5.41) is 0. The molecule has 2 amide bonds. The number of aryl methyl sites for hydroxylation is 1. The second kappa shape index (κ2) is 8.49. The van der Waals surface area contributed by atoms with Gasteiger partial charge in [-0.05, 0) is 49.6 Å². The van der Waals surface area contributed by atoms with Crippen LogP contribution in [0.3, 0.4) is 0 Å². The molecule has 1 aliphatic rings. The van der Waals surface area contributed by atoms with E-state index in [1.807, 2.05) is 0 Å². The van der Waals surface area contributed by atoms with E-state index in [4.69, 9.17) is 0 Å². The van der Waals surface area contributed by atoms with Gasteiger partial charge in [0.2, 0.25) is 10.0 Å². The molecule has 1 aromatic heterocycles. The molecule has 0 spiro atoms. The summed E-state index contributed by atoms with van der Waals surface area (Å²) in [6.45, 7) is 2.67. The van der Waals surface area contributed by atoms with Gasteiger partial charge in [0.15, 0.2) is 0 Å². The molecule has 0 bridgehead atoms. The van der Waals surface area contributed by atoms with E-state index in [0.717, 1.165) is 19.3 Å². The van der Waals surface area contributed by atoms with Crippen LogP contribution in [-0.4, -0.2) is 42.6 Å². The molecular weight excluding hydrogens is 380 g/mol. The van der Waals surface area contributed by atoms with Gasteiger partial charge in [-0.1, -0.05) is 18.6 Å². The van der Waals surface area contributed by atoms with Crippen molar-refractivity contribution >= 4 is 21.8 Å².